The predicted octanol–water partition coefficient (Wildman–Crippen LogP) is 2.09. The lowest BCUT2D eigenvalue weighted by Gasteiger charge is -2.13. The first-order chi connectivity index (χ1) is 11.5. The van der Waals surface area contributed by atoms with E-state index in [1.165, 1.54) is 5.56 Å². The van der Waals surface area contributed by atoms with Gasteiger partial charge in [0, 0.05) is 30.0 Å². The summed E-state index contributed by atoms with van der Waals surface area (Å²) in [5.74, 6) is -0.595. The second-order valence-corrected chi connectivity index (χ2v) is 5.25. The quantitative estimate of drug-likeness (QED) is 0.680. The number of benzene rings is 1. The number of hydrogen-bond donors (Lipinski definition) is 3. The molecule has 3 N–H and O–H groups in total. The van der Waals surface area contributed by atoms with E-state index in [1.54, 1.807) is 6.92 Å². The highest BCUT2D eigenvalue weighted by Gasteiger charge is 2.14. The van der Waals surface area contributed by atoms with Crippen molar-refractivity contribution in [1.29, 1.82) is 0 Å². The van der Waals surface area contributed by atoms with Crippen molar-refractivity contribution in [3.8, 4) is 5.88 Å². The molecule has 0 aliphatic carbocycles. The molecule has 0 fully saturated rings. The Labute approximate surface area is 140 Å². The topological polar surface area (TPSA) is 105 Å². The largest absolute Gasteiger partial charge is 0.479 e. The number of aliphatic hydroxyl groups is 1. The summed E-state index contributed by atoms with van der Waals surface area (Å²) in [5, 5.41) is 21.1. The van der Waals surface area contributed by atoms with Crippen LogP contribution in [0.3, 0.4) is 0 Å². The zero-order valence-electron chi connectivity index (χ0n) is 13.7. The lowest BCUT2D eigenvalue weighted by atomic mass is 10.1. The van der Waals surface area contributed by atoms with E-state index < -0.39 is 12.6 Å². The molecule has 1 aromatic carbocycles. The summed E-state index contributed by atoms with van der Waals surface area (Å²) in [6.07, 6.45) is 1.21. The SMILES string of the molecule is CCc1cccc(Nc2nc(C)c(CCO)c(OCC(=O)O)n2)c1. The molecule has 0 saturated heterocycles. The molecule has 24 heavy (non-hydrogen) atoms. The van der Waals surface area contributed by atoms with Crippen molar-refractivity contribution in [3.05, 3.63) is 41.1 Å². The van der Waals surface area contributed by atoms with E-state index in [0.717, 1.165) is 12.1 Å². The Morgan fingerprint density at radius 2 is 2.12 bits per heavy atom. The van der Waals surface area contributed by atoms with Crippen molar-refractivity contribution in [2.45, 2.75) is 26.7 Å². The monoisotopic (exact) mass is 331 g/mol. The molecule has 0 radical (unpaired) electrons. The number of carboxylic acid groups (broad SMARTS) is 1. The number of aryl methyl sites for hydroxylation is 2. The molecule has 7 heteroatoms. The van der Waals surface area contributed by atoms with Crippen LogP contribution in [0.25, 0.3) is 0 Å². The Kier molecular flexibility index (Phi) is 6.08. The number of anilines is 2. The van der Waals surface area contributed by atoms with E-state index in [-0.39, 0.29) is 12.5 Å². The highest BCUT2D eigenvalue weighted by molar-refractivity contribution is 5.68. The molecule has 128 valence electrons. The van der Waals surface area contributed by atoms with E-state index in [9.17, 15) is 4.79 Å². The van der Waals surface area contributed by atoms with E-state index >= 15 is 0 Å². The first-order valence-electron chi connectivity index (χ1n) is 7.72. The van der Waals surface area contributed by atoms with Crippen molar-refractivity contribution >= 4 is 17.6 Å². The minimum atomic E-state index is -1.09. The summed E-state index contributed by atoms with van der Waals surface area (Å²) in [6, 6.07) is 7.87. The molecule has 0 aliphatic rings. The molecule has 0 spiro atoms. The normalized spacial score (nSPS) is 10.5. The number of ether oxygens (including phenoxy) is 1. The maximum atomic E-state index is 10.7. The molecule has 2 aromatic rings. The van der Waals surface area contributed by atoms with Gasteiger partial charge in [0.2, 0.25) is 11.8 Å². The molecule has 7 nitrogen and oxygen atoms in total. The molecule has 0 aliphatic heterocycles. The third kappa shape index (κ3) is 4.66. The molecule has 0 unspecified atom stereocenters. The standard InChI is InChI=1S/C17H21N3O4/c1-3-12-5-4-6-13(9-12)19-17-18-11(2)14(7-8-21)16(20-17)24-10-15(22)23/h4-6,9,21H,3,7-8,10H2,1-2H3,(H,22,23)(H,18,19,20). The van der Waals surface area contributed by atoms with Gasteiger partial charge in [0.25, 0.3) is 0 Å². The van der Waals surface area contributed by atoms with Gasteiger partial charge in [-0.3, -0.25) is 0 Å². The number of aliphatic hydroxyl groups excluding tert-OH is 1. The maximum absolute atomic E-state index is 10.7. The number of nitrogens with zero attached hydrogens (tertiary/aromatic N) is 2. The Balaban J connectivity index is 2.30. The number of carboxylic acids is 1. The van der Waals surface area contributed by atoms with Gasteiger partial charge in [0.05, 0.1) is 0 Å². The molecule has 2 rings (SSSR count). The molecule has 1 aromatic heterocycles. The zero-order chi connectivity index (χ0) is 17.5. The van der Waals surface area contributed by atoms with Crippen molar-refractivity contribution in [1.82, 2.24) is 9.97 Å². The van der Waals surface area contributed by atoms with Crippen LogP contribution in [0.5, 0.6) is 5.88 Å². The number of aliphatic carboxylic acids is 1. The van der Waals surface area contributed by atoms with Crippen LogP contribution in [0.1, 0.15) is 23.7 Å². The fourth-order valence-electron chi connectivity index (χ4n) is 2.27. The summed E-state index contributed by atoms with van der Waals surface area (Å²) in [4.78, 5) is 19.4. The van der Waals surface area contributed by atoms with Gasteiger partial charge in [-0.1, -0.05) is 19.1 Å². The fourth-order valence-corrected chi connectivity index (χ4v) is 2.27. The maximum Gasteiger partial charge on any atom is 0.341 e. The molecular weight excluding hydrogens is 310 g/mol. The summed E-state index contributed by atoms with van der Waals surface area (Å²) in [5.41, 5.74) is 3.25. The van der Waals surface area contributed by atoms with Crippen LogP contribution < -0.4 is 10.1 Å². The molecule has 0 saturated carbocycles. The fraction of sp³-hybridized carbons (Fsp3) is 0.353. The molecular formula is C17H21N3O4. The first kappa shape index (κ1) is 17.7. The minimum absolute atomic E-state index is 0.0983. The molecule has 1 heterocycles. The van der Waals surface area contributed by atoms with Gasteiger partial charge in [-0.2, -0.15) is 4.98 Å². The van der Waals surface area contributed by atoms with E-state index in [2.05, 4.69) is 22.2 Å². The summed E-state index contributed by atoms with van der Waals surface area (Å²) < 4.78 is 5.25. The van der Waals surface area contributed by atoms with Crippen LogP contribution >= 0.6 is 0 Å². The number of rotatable bonds is 8. The van der Waals surface area contributed by atoms with Crippen LogP contribution in [0.4, 0.5) is 11.6 Å². The lowest BCUT2D eigenvalue weighted by molar-refractivity contribution is -0.139. The third-order valence-corrected chi connectivity index (χ3v) is 3.46. The highest BCUT2D eigenvalue weighted by Crippen LogP contribution is 2.23. The van der Waals surface area contributed by atoms with Gasteiger partial charge in [-0.05, 0) is 31.0 Å². The summed E-state index contributed by atoms with van der Waals surface area (Å²) >= 11 is 0. The molecule has 0 bridgehead atoms. The van der Waals surface area contributed by atoms with Crippen LogP contribution in [-0.4, -0.2) is 39.4 Å². The van der Waals surface area contributed by atoms with Crippen molar-refractivity contribution in [2.24, 2.45) is 0 Å². The lowest BCUT2D eigenvalue weighted by Crippen LogP contribution is -2.14. The van der Waals surface area contributed by atoms with Crippen LogP contribution in [0.15, 0.2) is 24.3 Å². The Morgan fingerprint density at radius 1 is 1.33 bits per heavy atom. The molecule has 0 amide bonds. The number of aromatic nitrogens is 2. The summed E-state index contributed by atoms with van der Waals surface area (Å²) in [6.45, 7) is 3.24. The van der Waals surface area contributed by atoms with Gasteiger partial charge < -0.3 is 20.3 Å². The average Bonchev–Trinajstić information content (AvgIpc) is 2.55. The van der Waals surface area contributed by atoms with Crippen molar-refractivity contribution in [2.75, 3.05) is 18.5 Å². The van der Waals surface area contributed by atoms with Crippen molar-refractivity contribution in [3.63, 3.8) is 0 Å². The van der Waals surface area contributed by atoms with Crippen LogP contribution in [-0.2, 0) is 17.6 Å². The summed E-state index contributed by atoms with van der Waals surface area (Å²) in [7, 11) is 0. The van der Waals surface area contributed by atoms with E-state index in [0.29, 0.717) is 23.6 Å². The van der Waals surface area contributed by atoms with E-state index in [1.807, 2.05) is 24.3 Å². The van der Waals surface area contributed by atoms with Crippen molar-refractivity contribution < 1.29 is 19.7 Å². The minimum Gasteiger partial charge on any atom is -0.479 e. The van der Waals surface area contributed by atoms with Crippen LogP contribution in [0, 0.1) is 6.92 Å². The Morgan fingerprint density at radius 3 is 2.79 bits per heavy atom. The zero-order valence-corrected chi connectivity index (χ0v) is 13.7. The average molecular weight is 331 g/mol. The number of hydrogen-bond acceptors (Lipinski definition) is 6. The van der Waals surface area contributed by atoms with Gasteiger partial charge in [0.1, 0.15) is 0 Å². The Bertz CT molecular complexity index is 719. The van der Waals surface area contributed by atoms with Gasteiger partial charge in [-0.25, -0.2) is 9.78 Å². The highest BCUT2D eigenvalue weighted by atomic mass is 16.5. The smallest absolute Gasteiger partial charge is 0.341 e. The van der Waals surface area contributed by atoms with Gasteiger partial charge >= 0.3 is 5.97 Å². The Hall–Kier alpha value is -2.67. The molecule has 0 atom stereocenters. The van der Waals surface area contributed by atoms with E-state index in [4.69, 9.17) is 14.9 Å². The number of nitrogens with one attached hydrogen (secondary N) is 1. The predicted molar refractivity (Wildman–Crippen MR) is 89.8 cm³/mol. The first-order valence-corrected chi connectivity index (χ1v) is 7.72. The number of carbonyl (C=O) groups is 1. The second-order valence-electron chi connectivity index (χ2n) is 5.25. The van der Waals surface area contributed by atoms with Crippen LogP contribution in [0.2, 0.25) is 0 Å². The van der Waals surface area contributed by atoms with Gasteiger partial charge in [0.15, 0.2) is 6.61 Å². The second kappa shape index (κ2) is 8.26. The third-order valence-electron chi connectivity index (χ3n) is 3.46. The van der Waals surface area contributed by atoms with Gasteiger partial charge in [-0.15, -0.1) is 0 Å².